The third-order valence-corrected chi connectivity index (χ3v) is 2.83. The molecule has 0 spiro atoms. The third kappa shape index (κ3) is 2.56. The molecule has 0 aliphatic heterocycles. The number of hydrogen-bond donors (Lipinski definition) is 3. The van der Waals surface area contributed by atoms with E-state index in [9.17, 15) is 5.11 Å². The molecular formula is C10H17N3O. The van der Waals surface area contributed by atoms with Crippen molar-refractivity contribution in [2.24, 2.45) is 0 Å². The zero-order valence-electron chi connectivity index (χ0n) is 8.24. The Hall–Kier alpha value is -0.870. The molecular weight excluding hydrogens is 178 g/mol. The molecule has 1 aliphatic carbocycles. The van der Waals surface area contributed by atoms with E-state index in [0.29, 0.717) is 6.04 Å². The maximum Gasteiger partial charge on any atom is 0.0922 e. The van der Waals surface area contributed by atoms with Crippen molar-refractivity contribution in [1.29, 1.82) is 0 Å². The fourth-order valence-electron chi connectivity index (χ4n) is 1.92. The van der Waals surface area contributed by atoms with Crippen molar-refractivity contribution in [3.63, 3.8) is 0 Å². The Morgan fingerprint density at radius 3 is 2.86 bits per heavy atom. The molecule has 2 rings (SSSR count). The van der Waals surface area contributed by atoms with E-state index in [1.807, 2.05) is 6.20 Å². The molecule has 3 N–H and O–H groups in total. The molecule has 4 heteroatoms. The Balaban J connectivity index is 1.71. The van der Waals surface area contributed by atoms with Gasteiger partial charge >= 0.3 is 0 Å². The molecule has 0 radical (unpaired) electrons. The molecule has 0 amide bonds. The summed E-state index contributed by atoms with van der Waals surface area (Å²) in [6.45, 7) is 0.848. The lowest BCUT2D eigenvalue weighted by Gasteiger charge is -2.26. The number of aromatic nitrogens is 2. The number of nitrogens with one attached hydrogen (secondary N) is 2. The summed E-state index contributed by atoms with van der Waals surface area (Å²) in [4.78, 5) is 7.02. The fraction of sp³-hybridized carbons (Fsp3) is 0.700. The van der Waals surface area contributed by atoms with Crippen molar-refractivity contribution in [1.82, 2.24) is 15.3 Å². The minimum atomic E-state index is -0.0693. The average molecular weight is 195 g/mol. The number of hydrogen-bond acceptors (Lipinski definition) is 3. The van der Waals surface area contributed by atoms with Crippen LogP contribution >= 0.6 is 0 Å². The van der Waals surface area contributed by atoms with Gasteiger partial charge in [-0.1, -0.05) is 0 Å². The highest BCUT2D eigenvalue weighted by Crippen LogP contribution is 2.18. The van der Waals surface area contributed by atoms with Gasteiger partial charge in [0.15, 0.2) is 0 Å². The van der Waals surface area contributed by atoms with Gasteiger partial charge in [0.1, 0.15) is 0 Å². The number of H-pyrrole nitrogens is 1. The van der Waals surface area contributed by atoms with Gasteiger partial charge in [0, 0.05) is 24.5 Å². The number of aliphatic hydroxyl groups is 1. The van der Waals surface area contributed by atoms with Crippen LogP contribution in [0.1, 0.15) is 31.4 Å². The summed E-state index contributed by atoms with van der Waals surface area (Å²) in [7, 11) is 0. The molecule has 0 atom stereocenters. The summed E-state index contributed by atoms with van der Waals surface area (Å²) in [5.74, 6) is 0. The fourth-order valence-corrected chi connectivity index (χ4v) is 1.92. The molecule has 4 nitrogen and oxygen atoms in total. The summed E-state index contributed by atoms with van der Waals surface area (Å²) >= 11 is 0. The first-order valence-corrected chi connectivity index (χ1v) is 5.23. The molecule has 0 unspecified atom stereocenters. The van der Waals surface area contributed by atoms with E-state index in [-0.39, 0.29) is 6.10 Å². The van der Waals surface area contributed by atoms with E-state index in [1.165, 1.54) is 0 Å². The smallest absolute Gasteiger partial charge is 0.0922 e. The minimum absolute atomic E-state index is 0.0693. The summed E-state index contributed by atoms with van der Waals surface area (Å²) in [6.07, 6.45) is 7.48. The monoisotopic (exact) mass is 195 g/mol. The van der Waals surface area contributed by atoms with Crippen LogP contribution in [0.3, 0.4) is 0 Å². The topological polar surface area (TPSA) is 60.9 Å². The zero-order chi connectivity index (χ0) is 9.80. The third-order valence-electron chi connectivity index (χ3n) is 2.83. The van der Waals surface area contributed by atoms with Gasteiger partial charge < -0.3 is 15.4 Å². The first-order chi connectivity index (χ1) is 6.84. The highest BCUT2D eigenvalue weighted by molar-refractivity contribution is 4.94. The standard InChI is InChI=1S/C10H17N3O/c14-10-3-1-8(2-4-10)12-6-9-5-11-7-13-9/h5,7-8,10,12,14H,1-4,6H2,(H,11,13). The van der Waals surface area contributed by atoms with Gasteiger partial charge in [0.25, 0.3) is 0 Å². The second-order valence-corrected chi connectivity index (χ2v) is 3.96. The van der Waals surface area contributed by atoms with E-state index in [0.717, 1.165) is 37.9 Å². The second kappa shape index (κ2) is 4.57. The zero-order valence-corrected chi connectivity index (χ0v) is 8.24. The Bertz CT molecular complexity index is 252. The van der Waals surface area contributed by atoms with Crippen LogP contribution in [-0.4, -0.2) is 27.2 Å². The first-order valence-electron chi connectivity index (χ1n) is 5.23. The second-order valence-electron chi connectivity index (χ2n) is 3.96. The molecule has 14 heavy (non-hydrogen) atoms. The Kier molecular flexibility index (Phi) is 3.16. The average Bonchev–Trinajstić information content (AvgIpc) is 2.70. The molecule has 0 aromatic carbocycles. The largest absolute Gasteiger partial charge is 0.393 e. The molecule has 0 saturated heterocycles. The number of aliphatic hydroxyl groups excluding tert-OH is 1. The van der Waals surface area contributed by atoms with E-state index in [4.69, 9.17) is 0 Å². The molecule has 1 saturated carbocycles. The van der Waals surface area contributed by atoms with Crippen LogP contribution in [0.15, 0.2) is 12.5 Å². The van der Waals surface area contributed by atoms with Crippen molar-refractivity contribution >= 4 is 0 Å². The lowest BCUT2D eigenvalue weighted by molar-refractivity contribution is 0.116. The number of aromatic amines is 1. The van der Waals surface area contributed by atoms with E-state index < -0.39 is 0 Å². The lowest BCUT2D eigenvalue weighted by Crippen LogP contribution is -2.34. The predicted octanol–water partition coefficient (Wildman–Crippen LogP) is 0.803. The highest BCUT2D eigenvalue weighted by atomic mass is 16.3. The molecule has 1 aliphatic rings. The van der Waals surface area contributed by atoms with Gasteiger partial charge in [-0.15, -0.1) is 0 Å². The summed E-state index contributed by atoms with van der Waals surface area (Å²) < 4.78 is 0. The van der Waals surface area contributed by atoms with Crippen molar-refractivity contribution in [2.45, 2.75) is 44.4 Å². The minimum Gasteiger partial charge on any atom is -0.393 e. The molecule has 78 valence electrons. The van der Waals surface area contributed by atoms with Crippen LogP contribution in [0.5, 0.6) is 0 Å². The number of nitrogens with zero attached hydrogens (tertiary/aromatic N) is 1. The predicted molar refractivity (Wildman–Crippen MR) is 53.7 cm³/mol. The summed E-state index contributed by atoms with van der Waals surface area (Å²) in [5, 5.41) is 12.8. The van der Waals surface area contributed by atoms with Gasteiger partial charge in [-0.3, -0.25) is 0 Å². The van der Waals surface area contributed by atoms with Crippen LogP contribution < -0.4 is 5.32 Å². The van der Waals surface area contributed by atoms with Crippen molar-refractivity contribution in [3.05, 3.63) is 18.2 Å². The first kappa shape index (κ1) is 9.68. The Morgan fingerprint density at radius 1 is 1.43 bits per heavy atom. The van der Waals surface area contributed by atoms with Crippen molar-refractivity contribution in [2.75, 3.05) is 0 Å². The van der Waals surface area contributed by atoms with E-state index in [1.54, 1.807) is 6.33 Å². The molecule has 0 bridgehead atoms. The van der Waals surface area contributed by atoms with E-state index in [2.05, 4.69) is 15.3 Å². The Labute approximate surface area is 83.8 Å². The van der Waals surface area contributed by atoms with Gasteiger partial charge in [0.2, 0.25) is 0 Å². The highest BCUT2D eigenvalue weighted by Gasteiger charge is 2.18. The maximum absolute atomic E-state index is 9.34. The lowest BCUT2D eigenvalue weighted by atomic mass is 9.93. The van der Waals surface area contributed by atoms with Gasteiger partial charge in [0.05, 0.1) is 12.4 Å². The van der Waals surface area contributed by atoms with Crippen molar-refractivity contribution < 1.29 is 5.11 Å². The van der Waals surface area contributed by atoms with Crippen LogP contribution in [-0.2, 0) is 6.54 Å². The van der Waals surface area contributed by atoms with E-state index >= 15 is 0 Å². The normalized spacial score (nSPS) is 27.8. The van der Waals surface area contributed by atoms with Crippen LogP contribution in [0.25, 0.3) is 0 Å². The van der Waals surface area contributed by atoms with Gasteiger partial charge in [-0.2, -0.15) is 0 Å². The number of rotatable bonds is 3. The Morgan fingerprint density at radius 2 is 2.21 bits per heavy atom. The molecule has 1 heterocycles. The molecule has 1 fully saturated rings. The summed E-state index contributed by atoms with van der Waals surface area (Å²) in [5.41, 5.74) is 1.12. The van der Waals surface area contributed by atoms with Crippen molar-refractivity contribution in [3.8, 4) is 0 Å². The van der Waals surface area contributed by atoms with Crippen LogP contribution in [0, 0.1) is 0 Å². The van der Waals surface area contributed by atoms with Gasteiger partial charge in [-0.25, -0.2) is 4.98 Å². The quantitative estimate of drug-likeness (QED) is 0.668. The van der Waals surface area contributed by atoms with Gasteiger partial charge in [-0.05, 0) is 25.7 Å². The van der Waals surface area contributed by atoms with Crippen LogP contribution in [0.4, 0.5) is 0 Å². The number of imidazole rings is 1. The summed E-state index contributed by atoms with van der Waals surface area (Å²) in [6, 6.07) is 0.557. The molecule has 1 aromatic rings. The van der Waals surface area contributed by atoms with Crippen LogP contribution in [0.2, 0.25) is 0 Å². The maximum atomic E-state index is 9.34. The molecule has 1 aromatic heterocycles. The SMILES string of the molecule is OC1CCC(NCc2cnc[nH]2)CC1.